The summed E-state index contributed by atoms with van der Waals surface area (Å²) in [5, 5.41) is 0. The van der Waals surface area contributed by atoms with Crippen LogP contribution in [0.1, 0.15) is 25.3 Å². The lowest BCUT2D eigenvalue weighted by Crippen LogP contribution is -1.94. The Kier molecular flexibility index (Phi) is 6.51. The van der Waals surface area contributed by atoms with Gasteiger partial charge in [0.15, 0.2) is 0 Å². The van der Waals surface area contributed by atoms with Crippen LogP contribution in [0.2, 0.25) is 0 Å². The number of benzene rings is 1. The van der Waals surface area contributed by atoms with E-state index in [2.05, 4.69) is 19.9 Å². The molecule has 74 valence electrons. The van der Waals surface area contributed by atoms with E-state index in [1.165, 1.54) is 5.56 Å². The van der Waals surface area contributed by atoms with Crippen molar-refractivity contribution in [1.82, 2.24) is 0 Å². The summed E-state index contributed by atoms with van der Waals surface area (Å²) in [7, 11) is 0. The van der Waals surface area contributed by atoms with E-state index in [0.717, 1.165) is 5.69 Å². The van der Waals surface area contributed by atoms with E-state index in [1.807, 2.05) is 30.7 Å². The zero-order valence-electron chi connectivity index (χ0n) is 8.87. The van der Waals surface area contributed by atoms with E-state index in [1.54, 1.807) is 11.8 Å². The molecule has 0 bridgehead atoms. The van der Waals surface area contributed by atoms with Crippen molar-refractivity contribution < 1.29 is 0 Å². The van der Waals surface area contributed by atoms with Crippen LogP contribution in [0.25, 0.3) is 0 Å². The number of rotatable bonds is 1. The summed E-state index contributed by atoms with van der Waals surface area (Å²) >= 11 is 1.75. The fourth-order valence-corrected chi connectivity index (χ4v) is 1.04. The van der Waals surface area contributed by atoms with E-state index >= 15 is 0 Å². The molecule has 0 amide bonds. The van der Waals surface area contributed by atoms with Gasteiger partial charge >= 0.3 is 0 Å². The summed E-state index contributed by atoms with van der Waals surface area (Å²) in [6, 6.07) is 7.99. The van der Waals surface area contributed by atoms with Gasteiger partial charge in [-0.2, -0.15) is 11.8 Å². The molecule has 0 heterocycles. The third-order valence-electron chi connectivity index (χ3n) is 1.62. The first-order valence-electron chi connectivity index (χ1n) is 4.38. The lowest BCUT2D eigenvalue weighted by molar-refractivity contribution is 0.870. The second-order valence-electron chi connectivity index (χ2n) is 3.19. The van der Waals surface area contributed by atoms with Gasteiger partial charge in [0.2, 0.25) is 0 Å². The summed E-state index contributed by atoms with van der Waals surface area (Å²) in [6.45, 7) is 4.29. The Labute approximate surface area is 85.7 Å². The van der Waals surface area contributed by atoms with Gasteiger partial charge in [-0.25, -0.2) is 0 Å². The highest BCUT2D eigenvalue weighted by Gasteiger charge is 2.00. The van der Waals surface area contributed by atoms with E-state index in [4.69, 9.17) is 5.73 Å². The average Bonchev–Trinajstić information content (AvgIpc) is 2.06. The van der Waals surface area contributed by atoms with Crippen molar-refractivity contribution in [3.05, 3.63) is 29.8 Å². The molecule has 0 radical (unpaired) electrons. The number of thioether (sulfide) groups is 1. The minimum Gasteiger partial charge on any atom is -0.398 e. The predicted octanol–water partition coefficient (Wildman–Crippen LogP) is 3.37. The Morgan fingerprint density at radius 3 is 1.92 bits per heavy atom. The maximum Gasteiger partial charge on any atom is 0.0349 e. The van der Waals surface area contributed by atoms with Crippen LogP contribution in [-0.2, 0) is 0 Å². The molecule has 1 nitrogen and oxygen atoms in total. The van der Waals surface area contributed by atoms with Gasteiger partial charge in [0.1, 0.15) is 0 Å². The van der Waals surface area contributed by atoms with Crippen LogP contribution >= 0.6 is 11.8 Å². The number of nitrogens with two attached hydrogens (primary N) is 1. The quantitative estimate of drug-likeness (QED) is 0.699. The van der Waals surface area contributed by atoms with Gasteiger partial charge in [-0.3, -0.25) is 0 Å². The summed E-state index contributed by atoms with van der Waals surface area (Å²) in [5.41, 5.74) is 7.86. The number of anilines is 1. The minimum atomic E-state index is 0.529. The molecule has 0 aromatic heterocycles. The number of nitrogen functional groups attached to an aromatic ring is 1. The fraction of sp³-hybridized carbons (Fsp3) is 0.455. The lowest BCUT2D eigenvalue weighted by Gasteiger charge is -2.07. The van der Waals surface area contributed by atoms with Crippen LogP contribution in [0, 0.1) is 0 Å². The zero-order chi connectivity index (χ0) is 10.3. The zero-order valence-corrected chi connectivity index (χ0v) is 9.69. The van der Waals surface area contributed by atoms with Crippen molar-refractivity contribution >= 4 is 17.4 Å². The van der Waals surface area contributed by atoms with Crippen LogP contribution < -0.4 is 5.73 Å². The third kappa shape index (κ3) is 4.83. The predicted molar refractivity (Wildman–Crippen MR) is 64.4 cm³/mol. The van der Waals surface area contributed by atoms with Crippen LogP contribution in [0.5, 0.6) is 0 Å². The highest BCUT2D eigenvalue weighted by molar-refractivity contribution is 7.97. The van der Waals surface area contributed by atoms with Gasteiger partial charge in [0.05, 0.1) is 0 Å². The van der Waals surface area contributed by atoms with Crippen molar-refractivity contribution in [2.24, 2.45) is 0 Å². The van der Waals surface area contributed by atoms with Crippen LogP contribution in [0.3, 0.4) is 0 Å². The first kappa shape index (κ1) is 12.4. The SMILES string of the molecule is CC(C)c1ccccc1N.CSC. The Balaban J connectivity index is 0.000000424. The van der Waals surface area contributed by atoms with Crippen molar-refractivity contribution in [1.29, 1.82) is 0 Å². The highest BCUT2D eigenvalue weighted by Crippen LogP contribution is 2.19. The largest absolute Gasteiger partial charge is 0.398 e. The number of hydrogen-bond acceptors (Lipinski definition) is 2. The summed E-state index contributed by atoms with van der Waals surface area (Å²) in [4.78, 5) is 0. The molecule has 2 heteroatoms. The molecule has 0 unspecified atom stereocenters. The molecular weight excluding hydrogens is 178 g/mol. The van der Waals surface area contributed by atoms with E-state index < -0.39 is 0 Å². The molecule has 0 saturated carbocycles. The summed E-state index contributed by atoms with van der Waals surface area (Å²) < 4.78 is 0. The molecule has 0 aliphatic rings. The Morgan fingerprint density at radius 1 is 1.15 bits per heavy atom. The molecule has 0 atom stereocenters. The van der Waals surface area contributed by atoms with Gasteiger partial charge in [-0.1, -0.05) is 32.0 Å². The van der Waals surface area contributed by atoms with E-state index in [0.29, 0.717) is 5.92 Å². The van der Waals surface area contributed by atoms with Gasteiger partial charge in [-0.05, 0) is 30.1 Å². The minimum absolute atomic E-state index is 0.529. The Hall–Kier alpha value is -0.630. The van der Waals surface area contributed by atoms with Crippen LogP contribution in [-0.4, -0.2) is 12.5 Å². The van der Waals surface area contributed by atoms with Gasteiger partial charge in [0, 0.05) is 5.69 Å². The molecule has 13 heavy (non-hydrogen) atoms. The second-order valence-corrected chi connectivity index (χ2v) is 4.01. The van der Waals surface area contributed by atoms with Crippen molar-refractivity contribution in [3.8, 4) is 0 Å². The average molecular weight is 197 g/mol. The summed E-state index contributed by atoms with van der Waals surface area (Å²) in [6.07, 6.45) is 4.08. The topological polar surface area (TPSA) is 26.0 Å². The Bertz CT molecular complexity index is 233. The Morgan fingerprint density at radius 2 is 1.62 bits per heavy atom. The van der Waals surface area contributed by atoms with Crippen LogP contribution in [0.15, 0.2) is 24.3 Å². The molecule has 1 aromatic carbocycles. The van der Waals surface area contributed by atoms with Crippen molar-refractivity contribution in [2.45, 2.75) is 19.8 Å². The molecule has 0 fully saturated rings. The van der Waals surface area contributed by atoms with Gasteiger partial charge in [0.25, 0.3) is 0 Å². The van der Waals surface area contributed by atoms with Crippen LogP contribution in [0.4, 0.5) is 5.69 Å². The molecule has 2 N–H and O–H groups in total. The lowest BCUT2D eigenvalue weighted by atomic mass is 10.0. The molecule has 0 saturated heterocycles. The van der Waals surface area contributed by atoms with E-state index in [-0.39, 0.29) is 0 Å². The van der Waals surface area contributed by atoms with E-state index in [9.17, 15) is 0 Å². The normalized spacial score (nSPS) is 9.31. The molecule has 0 aliphatic heterocycles. The van der Waals surface area contributed by atoms with Gasteiger partial charge < -0.3 is 5.73 Å². The second kappa shape index (κ2) is 6.84. The molecule has 0 aliphatic carbocycles. The third-order valence-corrected chi connectivity index (χ3v) is 1.62. The highest BCUT2D eigenvalue weighted by atomic mass is 32.2. The summed E-state index contributed by atoms with van der Waals surface area (Å²) in [5.74, 6) is 0.529. The maximum atomic E-state index is 5.72. The molecule has 0 spiro atoms. The van der Waals surface area contributed by atoms with Gasteiger partial charge in [-0.15, -0.1) is 0 Å². The number of para-hydroxylation sites is 1. The maximum absolute atomic E-state index is 5.72. The first-order valence-corrected chi connectivity index (χ1v) is 6.01. The fourth-order valence-electron chi connectivity index (χ4n) is 1.04. The molecular formula is C11H19NS. The van der Waals surface area contributed by atoms with Crippen molar-refractivity contribution in [2.75, 3.05) is 18.2 Å². The first-order chi connectivity index (χ1) is 6.13. The van der Waals surface area contributed by atoms with Crippen molar-refractivity contribution in [3.63, 3.8) is 0 Å². The molecule has 1 aromatic rings. The smallest absolute Gasteiger partial charge is 0.0349 e. The monoisotopic (exact) mass is 197 g/mol. The molecule has 1 rings (SSSR count). The number of hydrogen-bond donors (Lipinski definition) is 1. The standard InChI is InChI=1S/C9H13N.C2H6S/c1-7(2)8-5-3-4-6-9(8)10;1-3-2/h3-7H,10H2,1-2H3;1-2H3.